The molecule has 0 unspecified atom stereocenters. The van der Waals surface area contributed by atoms with Gasteiger partial charge < -0.3 is 10.0 Å². The van der Waals surface area contributed by atoms with E-state index >= 15 is 0 Å². The zero-order chi connectivity index (χ0) is 16.5. The molecular weight excluding hydrogens is 276 g/mol. The Hall–Kier alpha value is -1.55. The van der Waals surface area contributed by atoms with Crippen LogP contribution in [0.25, 0.3) is 0 Å². The van der Waals surface area contributed by atoms with Crippen molar-refractivity contribution in [2.75, 3.05) is 11.4 Å². The van der Waals surface area contributed by atoms with Gasteiger partial charge in [-0.1, -0.05) is 31.5 Å². The minimum absolute atomic E-state index is 0.107. The maximum absolute atomic E-state index is 13.1. The van der Waals surface area contributed by atoms with Gasteiger partial charge in [0.15, 0.2) is 0 Å². The molecule has 0 aromatic heterocycles. The molecule has 1 saturated heterocycles. The SMILES string of the molecule is CCCCN1C(=O)N(c2ccccc2C)[C@](C)(O)CC1(C)C. The summed E-state index contributed by atoms with van der Waals surface area (Å²) >= 11 is 0. The Balaban J connectivity index is 2.44. The number of carbonyl (C=O) groups is 1. The Kier molecular flexibility index (Phi) is 4.52. The average molecular weight is 304 g/mol. The van der Waals surface area contributed by atoms with Crippen LogP contribution >= 0.6 is 0 Å². The van der Waals surface area contributed by atoms with Gasteiger partial charge in [0, 0.05) is 18.5 Å². The Morgan fingerprint density at radius 3 is 2.45 bits per heavy atom. The average Bonchev–Trinajstić information content (AvgIpc) is 2.38. The first-order valence-electron chi connectivity index (χ1n) is 8.10. The summed E-state index contributed by atoms with van der Waals surface area (Å²) in [6.07, 6.45) is 2.53. The van der Waals surface area contributed by atoms with E-state index in [9.17, 15) is 9.90 Å². The number of aliphatic hydroxyl groups is 1. The molecule has 0 saturated carbocycles. The summed E-state index contributed by atoms with van der Waals surface area (Å²) in [5.74, 6) is 0. The summed E-state index contributed by atoms with van der Waals surface area (Å²) < 4.78 is 0. The Morgan fingerprint density at radius 1 is 1.23 bits per heavy atom. The van der Waals surface area contributed by atoms with Gasteiger partial charge >= 0.3 is 6.03 Å². The topological polar surface area (TPSA) is 43.8 Å². The van der Waals surface area contributed by atoms with Crippen molar-refractivity contribution in [1.29, 1.82) is 0 Å². The highest BCUT2D eigenvalue weighted by atomic mass is 16.3. The first kappa shape index (κ1) is 16.8. The summed E-state index contributed by atoms with van der Waals surface area (Å²) in [6.45, 7) is 10.6. The molecule has 1 fully saturated rings. The number of nitrogens with zero attached hydrogens (tertiary/aromatic N) is 2. The molecule has 0 spiro atoms. The fourth-order valence-electron chi connectivity index (χ4n) is 3.47. The smallest absolute Gasteiger partial charge is 0.327 e. The molecule has 1 atom stereocenters. The highest BCUT2D eigenvalue weighted by Crippen LogP contribution is 2.39. The second-order valence-corrected chi connectivity index (χ2v) is 7.12. The molecule has 2 amide bonds. The van der Waals surface area contributed by atoms with E-state index in [1.165, 1.54) is 0 Å². The van der Waals surface area contributed by atoms with Crippen molar-refractivity contribution in [3.8, 4) is 0 Å². The lowest BCUT2D eigenvalue weighted by molar-refractivity contribution is -0.0256. The van der Waals surface area contributed by atoms with Crippen molar-refractivity contribution >= 4 is 11.7 Å². The maximum Gasteiger partial charge on any atom is 0.327 e. The molecule has 1 N–H and O–H groups in total. The molecule has 22 heavy (non-hydrogen) atoms. The predicted molar refractivity (Wildman–Crippen MR) is 90.0 cm³/mol. The molecule has 1 aromatic rings. The van der Waals surface area contributed by atoms with E-state index in [4.69, 9.17) is 0 Å². The quantitative estimate of drug-likeness (QED) is 0.916. The number of anilines is 1. The minimum Gasteiger partial charge on any atom is -0.371 e. The van der Waals surface area contributed by atoms with E-state index in [0.29, 0.717) is 6.42 Å². The molecule has 0 aliphatic carbocycles. The van der Waals surface area contributed by atoms with Gasteiger partial charge in [-0.15, -0.1) is 0 Å². The van der Waals surface area contributed by atoms with Crippen LogP contribution in [0.4, 0.5) is 10.5 Å². The fourth-order valence-corrected chi connectivity index (χ4v) is 3.47. The summed E-state index contributed by atoms with van der Waals surface area (Å²) in [6, 6.07) is 7.61. The van der Waals surface area contributed by atoms with Gasteiger partial charge in [-0.3, -0.25) is 4.90 Å². The molecule has 0 radical (unpaired) electrons. The zero-order valence-electron chi connectivity index (χ0n) is 14.4. The number of amides is 2. The minimum atomic E-state index is -1.19. The fraction of sp³-hybridized carbons (Fsp3) is 0.611. The number of unbranched alkanes of at least 4 members (excludes halogenated alkanes) is 1. The number of para-hydroxylation sites is 1. The third kappa shape index (κ3) is 2.98. The normalized spacial score (nSPS) is 24.7. The largest absolute Gasteiger partial charge is 0.371 e. The zero-order valence-corrected chi connectivity index (χ0v) is 14.4. The molecule has 0 bridgehead atoms. The van der Waals surface area contributed by atoms with E-state index in [1.54, 1.807) is 11.8 Å². The summed E-state index contributed by atoms with van der Waals surface area (Å²) in [5.41, 5.74) is 0.241. The van der Waals surface area contributed by atoms with Gasteiger partial charge in [-0.25, -0.2) is 4.79 Å². The monoisotopic (exact) mass is 304 g/mol. The molecule has 1 aromatic carbocycles. The Morgan fingerprint density at radius 2 is 1.86 bits per heavy atom. The number of hydrogen-bond donors (Lipinski definition) is 1. The lowest BCUT2D eigenvalue weighted by Gasteiger charge is -2.53. The molecule has 4 nitrogen and oxygen atoms in total. The van der Waals surface area contributed by atoms with Crippen LogP contribution in [-0.2, 0) is 0 Å². The van der Waals surface area contributed by atoms with Crippen molar-refractivity contribution in [1.82, 2.24) is 4.90 Å². The molecule has 1 heterocycles. The van der Waals surface area contributed by atoms with Crippen molar-refractivity contribution < 1.29 is 9.90 Å². The van der Waals surface area contributed by atoms with E-state index in [0.717, 1.165) is 30.6 Å². The van der Waals surface area contributed by atoms with Gasteiger partial charge in [0.1, 0.15) is 5.72 Å². The van der Waals surface area contributed by atoms with Crippen LogP contribution < -0.4 is 4.90 Å². The Bertz CT molecular complexity index is 552. The predicted octanol–water partition coefficient (Wildman–Crippen LogP) is 3.91. The summed E-state index contributed by atoms with van der Waals surface area (Å²) in [7, 11) is 0. The number of rotatable bonds is 4. The molecule has 122 valence electrons. The molecule has 1 aliphatic heterocycles. The second kappa shape index (κ2) is 5.92. The lowest BCUT2D eigenvalue weighted by atomic mass is 9.87. The molecular formula is C18H28N2O2. The highest BCUT2D eigenvalue weighted by Gasteiger charge is 2.50. The van der Waals surface area contributed by atoms with Crippen molar-refractivity contribution in [3.05, 3.63) is 29.8 Å². The summed E-state index contributed by atoms with van der Waals surface area (Å²) in [4.78, 5) is 16.6. The van der Waals surface area contributed by atoms with Crippen LogP contribution in [-0.4, -0.2) is 33.8 Å². The standard InChI is InChI=1S/C18H28N2O2/c1-6-7-12-19-16(21)20(15-11-9-8-10-14(15)2)18(5,22)13-17(19,3)4/h8-11,22H,6-7,12-13H2,1-5H3/t18-/m1/s1. The van der Waals surface area contributed by atoms with Gasteiger partial charge in [0.05, 0.1) is 5.69 Å². The van der Waals surface area contributed by atoms with Crippen LogP contribution in [0.5, 0.6) is 0 Å². The van der Waals surface area contributed by atoms with Crippen LogP contribution in [0.1, 0.15) is 52.5 Å². The van der Waals surface area contributed by atoms with E-state index in [2.05, 4.69) is 6.92 Å². The number of benzene rings is 1. The van der Waals surface area contributed by atoms with Crippen LogP contribution in [0.2, 0.25) is 0 Å². The van der Waals surface area contributed by atoms with Gasteiger partial charge in [-0.2, -0.15) is 0 Å². The van der Waals surface area contributed by atoms with E-state index in [1.807, 2.05) is 49.9 Å². The van der Waals surface area contributed by atoms with Crippen molar-refractivity contribution in [2.24, 2.45) is 0 Å². The van der Waals surface area contributed by atoms with Crippen LogP contribution in [0.15, 0.2) is 24.3 Å². The van der Waals surface area contributed by atoms with E-state index < -0.39 is 5.72 Å². The maximum atomic E-state index is 13.1. The van der Waals surface area contributed by atoms with E-state index in [-0.39, 0.29) is 11.6 Å². The number of urea groups is 1. The lowest BCUT2D eigenvalue weighted by Crippen LogP contribution is -2.68. The summed E-state index contributed by atoms with van der Waals surface area (Å²) in [5, 5.41) is 10.9. The van der Waals surface area contributed by atoms with Gasteiger partial charge in [0.25, 0.3) is 0 Å². The molecule has 4 heteroatoms. The Labute approximate surface area is 133 Å². The van der Waals surface area contributed by atoms with Crippen molar-refractivity contribution in [2.45, 2.75) is 65.1 Å². The van der Waals surface area contributed by atoms with Gasteiger partial charge in [-0.05, 0) is 45.7 Å². The number of hydrogen-bond acceptors (Lipinski definition) is 2. The first-order chi connectivity index (χ1) is 10.2. The molecule has 2 rings (SSSR count). The van der Waals surface area contributed by atoms with Gasteiger partial charge in [0.2, 0.25) is 0 Å². The number of aryl methyl sites for hydroxylation is 1. The first-order valence-corrected chi connectivity index (χ1v) is 8.10. The number of carbonyl (C=O) groups excluding carboxylic acids is 1. The van der Waals surface area contributed by atoms with Crippen LogP contribution in [0, 0.1) is 6.92 Å². The highest BCUT2D eigenvalue weighted by molar-refractivity contribution is 5.95. The second-order valence-electron chi connectivity index (χ2n) is 7.12. The third-order valence-electron chi connectivity index (χ3n) is 4.49. The molecule has 1 aliphatic rings. The van der Waals surface area contributed by atoms with Crippen LogP contribution in [0.3, 0.4) is 0 Å². The third-order valence-corrected chi connectivity index (χ3v) is 4.49. The van der Waals surface area contributed by atoms with Crippen molar-refractivity contribution in [3.63, 3.8) is 0 Å².